The lowest BCUT2D eigenvalue weighted by atomic mass is 9.87. The first-order chi connectivity index (χ1) is 14.1. The SMILES string of the molecule is O=C(O)CC1c2cc(OCc3ccccc3)ccc2NC1C(=O)c1ccccc1. The topological polar surface area (TPSA) is 75.6 Å². The zero-order valence-electron chi connectivity index (χ0n) is 15.7. The van der Waals surface area contributed by atoms with Crippen LogP contribution in [0, 0.1) is 0 Å². The molecule has 1 aliphatic rings. The number of carboxylic acid groups (broad SMARTS) is 1. The number of carboxylic acids is 1. The molecule has 2 atom stereocenters. The Hall–Kier alpha value is -3.60. The van der Waals surface area contributed by atoms with Crippen LogP contribution in [0.3, 0.4) is 0 Å². The molecule has 0 spiro atoms. The molecule has 0 saturated heterocycles. The Labute approximate surface area is 169 Å². The van der Waals surface area contributed by atoms with E-state index < -0.39 is 17.9 Å². The summed E-state index contributed by atoms with van der Waals surface area (Å²) >= 11 is 0. The second-order valence-corrected chi connectivity index (χ2v) is 7.08. The molecular weight excluding hydrogens is 366 g/mol. The average molecular weight is 387 g/mol. The fraction of sp³-hybridized carbons (Fsp3) is 0.167. The second kappa shape index (κ2) is 8.19. The molecule has 0 aliphatic carbocycles. The van der Waals surface area contributed by atoms with Crippen LogP contribution in [-0.2, 0) is 11.4 Å². The average Bonchev–Trinajstić information content (AvgIpc) is 3.10. The van der Waals surface area contributed by atoms with Gasteiger partial charge in [0.15, 0.2) is 5.78 Å². The van der Waals surface area contributed by atoms with Crippen molar-refractivity contribution in [3.05, 3.63) is 95.6 Å². The number of hydrogen-bond acceptors (Lipinski definition) is 4. The summed E-state index contributed by atoms with van der Waals surface area (Å²) in [5, 5.41) is 12.6. The summed E-state index contributed by atoms with van der Waals surface area (Å²) in [4.78, 5) is 24.5. The molecule has 3 aromatic rings. The van der Waals surface area contributed by atoms with Crippen LogP contribution in [0.5, 0.6) is 5.75 Å². The number of anilines is 1. The first-order valence-corrected chi connectivity index (χ1v) is 9.50. The highest BCUT2D eigenvalue weighted by molar-refractivity contribution is 6.04. The van der Waals surface area contributed by atoms with Crippen molar-refractivity contribution in [3.63, 3.8) is 0 Å². The summed E-state index contributed by atoms with van der Waals surface area (Å²) in [6.07, 6.45) is -0.134. The van der Waals surface area contributed by atoms with E-state index in [1.165, 1.54) is 0 Å². The van der Waals surface area contributed by atoms with Crippen molar-refractivity contribution in [2.75, 3.05) is 5.32 Å². The van der Waals surface area contributed by atoms with Gasteiger partial charge in [-0.15, -0.1) is 0 Å². The molecule has 2 N–H and O–H groups in total. The maximum atomic E-state index is 13.0. The van der Waals surface area contributed by atoms with Crippen LogP contribution >= 0.6 is 0 Å². The van der Waals surface area contributed by atoms with Gasteiger partial charge in [-0.05, 0) is 29.3 Å². The van der Waals surface area contributed by atoms with Crippen LogP contribution < -0.4 is 10.1 Å². The number of fused-ring (bicyclic) bond motifs is 1. The molecule has 0 saturated carbocycles. The third-order valence-electron chi connectivity index (χ3n) is 5.12. The minimum atomic E-state index is -0.939. The van der Waals surface area contributed by atoms with Gasteiger partial charge >= 0.3 is 5.97 Å². The number of hydrogen-bond donors (Lipinski definition) is 2. The van der Waals surface area contributed by atoms with E-state index in [2.05, 4.69) is 5.32 Å². The van der Waals surface area contributed by atoms with E-state index in [0.29, 0.717) is 17.9 Å². The molecule has 5 nitrogen and oxygen atoms in total. The minimum absolute atomic E-state index is 0.111. The molecule has 3 aromatic carbocycles. The van der Waals surface area contributed by atoms with Gasteiger partial charge in [0.2, 0.25) is 0 Å². The highest BCUT2D eigenvalue weighted by Crippen LogP contribution is 2.41. The zero-order chi connectivity index (χ0) is 20.2. The number of Topliss-reactive ketones (excluding diaryl/α,β-unsaturated/α-hetero) is 1. The van der Waals surface area contributed by atoms with Gasteiger partial charge in [0, 0.05) is 17.2 Å². The summed E-state index contributed by atoms with van der Waals surface area (Å²) < 4.78 is 5.89. The number of ether oxygens (including phenoxy) is 1. The lowest BCUT2D eigenvalue weighted by molar-refractivity contribution is -0.137. The van der Waals surface area contributed by atoms with Crippen LogP contribution in [-0.4, -0.2) is 22.9 Å². The fourth-order valence-electron chi connectivity index (χ4n) is 3.70. The van der Waals surface area contributed by atoms with Crippen LogP contribution in [0.25, 0.3) is 0 Å². The predicted octanol–water partition coefficient (Wildman–Crippen LogP) is 4.50. The van der Waals surface area contributed by atoms with Gasteiger partial charge in [0.25, 0.3) is 0 Å². The van der Waals surface area contributed by atoms with Gasteiger partial charge in [0.05, 0.1) is 12.5 Å². The number of carbonyl (C=O) groups is 2. The Morgan fingerprint density at radius 2 is 1.62 bits per heavy atom. The molecule has 0 amide bonds. The molecule has 4 rings (SSSR count). The number of benzene rings is 3. The zero-order valence-corrected chi connectivity index (χ0v) is 15.7. The van der Waals surface area contributed by atoms with Gasteiger partial charge in [-0.2, -0.15) is 0 Å². The quantitative estimate of drug-likeness (QED) is 0.584. The third-order valence-corrected chi connectivity index (χ3v) is 5.12. The summed E-state index contributed by atoms with van der Waals surface area (Å²) in [5.74, 6) is -0.862. The van der Waals surface area contributed by atoms with Gasteiger partial charge in [-0.25, -0.2) is 0 Å². The smallest absolute Gasteiger partial charge is 0.304 e. The van der Waals surface area contributed by atoms with Crippen molar-refractivity contribution >= 4 is 17.4 Å². The minimum Gasteiger partial charge on any atom is -0.489 e. The monoisotopic (exact) mass is 387 g/mol. The van der Waals surface area contributed by atoms with E-state index in [-0.39, 0.29) is 12.2 Å². The van der Waals surface area contributed by atoms with Crippen molar-refractivity contribution < 1.29 is 19.4 Å². The molecule has 2 unspecified atom stereocenters. The van der Waals surface area contributed by atoms with Crippen LogP contribution in [0.15, 0.2) is 78.9 Å². The van der Waals surface area contributed by atoms with Gasteiger partial charge in [-0.3, -0.25) is 9.59 Å². The standard InChI is InChI=1S/C24H21NO4/c26-22(27)14-20-19-13-18(29-15-16-7-3-1-4-8-16)11-12-21(19)25-23(20)24(28)17-9-5-2-6-10-17/h1-13,20,23,25H,14-15H2,(H,26,27). The summed E-state index contributed by atoms with van der Waals surface area (Å²) in [5.41, 5.74) is 3.18. The van der Waals surface area contributed by atoms with Crippen molar-refractivity contribution in [2.45, 2.75) is 25.0 Å². The number of ketones is 1. The van der Waals surface area contributed by atoms with E-state index >= 15 is 0 Å². The van der Waals surface area contributed by atoms with E-state index in [4.69, 9.17) is 4.74 Å². The molecule has 5 heteroatoms. The van der Waals surface area contributed by atoms with Crippen LogP contribution in [0.2, 0.25) is 0 Å². The number of aliphatic carboxylic acids is 1. The lowest BCUT2D eigenvalue weighted by Gasteiger charge is -2.18. The fourth-order valence-corrected chi connectivity index (χ4v) is 3.70. The molecule has 29 heavy (non-hydrogen) atoms. The first-order valence-electron chi connectivity index (χ1n) is 9.50. The Morgan fingerprint density at radius 1 is 0.931 bits per heavy atom. The van der Waals surface area contributed by atoms with Crippen LogP contribution in [0.1, 0.15) is 33.8 Å². The third kappa shape index (κ3) is 4.14. The van der Waals surface area contributed by atoms with Crippen molar-refractivity contribution in [1.29, 1.82) is 0 Å². The van der Waals surface area contributed by atoms with Crippen LogP contribution in [0.4, 0.5) is 5.69 Å². The number of rotatable bonds is 7. The van der Waals surface area contributed by atoms with Crippen molar-refractivity contribution in [1.82, 2.24) is 0 Å². The van der Waals surface area contributed by atoms with Gasteiger partial charge in [-0.1, -0.05) is 60.7 Å². The predicted molar refractivity (Wildman–Crippen MR) is 110 cm³/mol. The lowest BCUT2D eigenvalue weighted by Crippen LogP contribution is -2.31. The number of nitrogens with one attached hydrogen (secondary N) is 1. The Bertz CT molecular complexity index is 1020. The highest BCUT2D eigenvalue weighted by atomic mass is 16.5. The van der Waals surface area contributed by atoms with E-state index in [9.17, 15) is 14.7 Å². The van der Waals surface area contributed by atoms with Gasteiger partial charge in [0.1, 0.15) is 12.4 Å². The Morgan fingerprint density at radius 3 is 2.31 bits per heavy atom. The number of carbonyl (C=O) groups excluding carboxylic acids is 1. The molecule has 1 heterocycles. The summed E-state index contributed by atoms with van der Waals surface area (Å²) in [6, 6.07) is 23.7. The normalized spacial score (nSPS) is 17.2. The van der Waals surface area contributed by atoms with E-state index in [1.54, 1.807) is 24.3 Å². The van der Waals surface area contributed by atoms with E-state index in [0.717, 1.165) is 16.8 Å². The molecule has 0 radical (unpaired) electrons. The Kier molecular flexibility index (Phi) is 5.29. The Balaban J connectivity index is 1.58. The van der Waals surface area contributed by atoms with E-state index in [1.807, 2.05) is 54.6 Å². The van der Waals surface area contributed by atoms with Crippen molar-refractivity contribution in [2.24, 2.45) is 0 Å². The molecule has 0 aromatic heterocycles. The molecule has 146 valence electrons. The summed E-state index contributed by atoms with van der Waals surface area (Å²) in [7, 11) is 0. The maximum absolute atomic E-state index is 13.0. The molecule has 1 aliphatic heterocycles. The molecular formula is C24H21NO4. The largest absolute Gasteiger partial charge is 0.489 e. The van der Waals surface area contributed by atoms with Gasteiger partial charge < -0.3 is 15.2 Å². The summed E-state index contributed by atoms with van der Waals surface area (Å²) in [6.45, 7) is 0.420. The molecule has 0 fully saturated rings. The van der Waals surface area contributed by atoms with Crippen molar-refractivity contribution in [3.8, 4) is 5.75 Å². The maximum Gasteiger partial charge on any atom is 0.304 e. The first kappa shape index (κ1) is 18.7. The second-order valence-electron chi connectivity index (χ2n) is 7.08. The molecule has 0 bridgehead atoms. The highest BCUT2D eigenvalue weighted by Gasteiger charge is 2.38.